The molecule has 0 saturated carbocycles. The van der Waals surface area contributed by atoms with E-state index < -0.39 is 21.4 Å². The van der Waals surface area contributed by atoms with Crippen LogP contribution in [0.15, 0.2) is 0 Å². The summed E-state index contributed by atoms with van der Waals surface area (Å²) in [5.41, 5.74) is -0.960. The maximum Gasteiger partial charge on any atom is 0.311 e. The SMILES string of the molecule is CCCCS(=O)(=O)N1CCC(C(=O)NCC2(C(=O)O)CCOCC2)CC1. The van der Waals surface area contributed by atoms with Crippen LogP contribution in [0.4, 0.5) is 0 Å². The van der Waals surface area contributed by atoms with Crippen LogP contribution < -0.4 is 5.32 Å². The van der Waals surface area contributed by atoms with Crippen molar-refractivity contribution in [2.24, 2.45) is 11.3 Å². The fourth-order valence-corrected chi connectivity index (χ4v) is 5.16. The summed E-state index contributed by atoms with van der Waals surface area (Å²) in [4.78, 5) is 24.1. The van der Waals surface area contributed by atoms with Gasteiger partial charge in [-0.1, -0.05) is 13.3 Å². The number of ether oxygens (including phenoxy) is 1. The second-order valence-corrected chi connectivity index (χ2v) is 9.35. The minimum absolute atomic E-state index is 0.0968. The lowest BCUT2D eigenvalue weighted by Gasteiger charge is -2.34. The topological polar surface area (TPSA) is 113 Å². The monoisotopic (exact) mass is 390 g/mol. The molecule has 2 aliphatic heterocycles. The average Bonchev–Trinajstić information content (AvgIpc) is 2.65. The Labute approximate surface area is 155 Å². The van der Waals surface area contributed by atoms with Crippen LogP contribution in [-0.2, 0) is 24.3 Å². The summed E-state index contributed by atoms with van der Waals surface area (Å²) in [6.45, 7) is 3.52. The molecule has 0 unspecified atom stereocenters. The first-order valence-corrected chi connectivity index (χ1v) is 11.0. The van der Waals surface area contributed by atoms with Crippen molar-refractivity contribution in [1.82, 2.24) is 9.62 Å². The number of nitrogens with one attached hydrogen (secondary N) is 1. The molecule has 2 heterocycles. The predicted molar refractivity (Wildman–Crippen MR) is 96.1 cm³/mol. The number of carboxylic acid groups (broad SMARTS) is 1. The predicted octanol–water partition coefficient (Wildman–Crippen LogP) is 0.826. The Morgan fingerprint density at radius 3 is 2.38 bits per heavy atom. The number of sulfonamides is 1. The van der Waals surface area contributed by atoms with Gasteiger partial charge in [0, 0.05) is 38.8 Å². The molecule has 8 nitrogen and oxygen atoms in total. The normalized spacial score (nSPS) is 22.0. The summed E-state index contributed by atoms with van der Waals surface area (Å²) in [7, 11) is -3.24. The third-order valence-corrected chi connectivity index (χ3v) is 7.44. The van der Waals surface area contributed by atoms with Crippen LogP contribution in [-0.4, -0.2) is 68.3 Å². The average molecular weight is 391 g/mol. The number of nitrogens with zero attached hydrogens (tertiary/aromatic N) is 1. The van der Waals surface area contributed by atoms with E-state index in [1.54, 1.807) is 0 Å². The Balaban J connectivity index is 1.83. The number of aliphatic carboxylic acids is 1. The van der Waals surface area contributed by atoms with Gasteiger partial charge < -0.3 is 15.2 Å². The van der Waals surface area contributed by atoms with Crippen LogP contribution in [0.2, 0.25) is 0 Å². The van der Waals surface area contributed by atoms with Crippen molar-refractivity contribution in [3.05, 3.63) is 0 Å². The van der Waals surface area contributed by atoms with Crippen molar-refractivity contribution in [3.63, 3.8) is 0 Å². The van der Waals surface area contributed by atoms with Gasteiger partial charge in [-0.25, -0.2) is 12.7 Å². The van der Waals surface area contributed by atoms with Crippen LogP contribution in [0.5, 0.6) is 0 Å². The molecule has 2 rings (SSSR count). The Morgan fingerprint density at radius 1 is 1.23 bits per heavy atom. The molecule has 26 heavy (non-hydrogen) atoms. The molecule has 9 heteroatoms. The van der Waals surface area contributed by atoms with E-state index in [4.69, 9.17) is 4.74 Å². The van der Waals surface area contributed by atoms with E-state index in [1.165, 1.54) is 4.31 Å². The summed E-state index contributed by atoms with van der Waals surface area (Å²) in [6.07, 6.45) is 3.19. The zero-order valence-corrected chi connectivity index (χ0v) is 16.2. The summed E-state index contributed by atoms with van der Waals surface area (Å²) in [5, 5.41) is 12.3. The first-order valence-electron chi connectivity index (χ1n) is 9.37. The second kappa shape index (κ2) is 9.14. The van der Waals surface area contributed by atoms with Gasteiger partial charge in [-0.3, -0.25) is 9.59 Å². The molecule has 0 atom stereocenters. The molecular weight excluding hydrogens is 360 g/mol. The van der Waals surface area contributed by atoms with Crippen LogP contribution in [0.1, 0.15) is 45.4 Å². The van der Waals surface area contributed by atoms with Crippen molar-refractivity contribution in [1.29, 1.82) is 0 Å². The molecule has 0 spiro atoms. The van der Waals surface area contributed by atoms with Gasteiger partial charge in [0.25, 0.3) is 0 Å². The Bertz CT molecular complexity index is 592. The number of hydrogen-bond donors (Lipinski definition) is 2. The number of carbonyl (C=O) groups excluding carboxylic acids is 1. The van der Waals surface area contributed by atoms with Crippen LogP contribution in [0.3, 0.4) is 0 Å². The Kier molecular flexibility index (Phi) is 7.42. The van der Waals surface area contributed by atoms with E-state index in [-0.39, 0.29) is 24.1 Å². The van der Waals surface area contributed by atoms with E-state index in [0.717, 1.165) is 6.42 Å². The maximum atomic E-state index is 12.4. The number of hydrogen-bond acceptors (Lipinski definition) is 5. The van der Waals surface area contributed by atoms with E-state index in [9.17, 15) is 23.1 Å². The lowest BCUT2D eigenvalue weighted by molar-refractivity contribution is -0.154. The molecule has 2 aliphatic rings. The molecular formula is C17H30N2O6S. The third-order valence-electron chi connectivity index (χ3n) is 5.48. The van der Waals surface area contributed by atoms with Crippen LogP contribution in [0.25, 0.3) is 0 Å². The first-order chi connectivity index (χ1) is 12.3. The van der Waals surface area contributed by atoms with Crippen molar-refractivity contribution in [2.45, 2.75) is 45.4 Å². The fourth-order valence-electron chi connectivity index (χ4n) is 3.48. The molecule has 2 saturated heterocycles. The molecule has 0 aromatic heterocycles. The Hall–Kier alpha value is -1.19. The van der Waals surface area contributed by atoms with Gasteiger partial charge in [0.05, 0.1) is 11.2 Å². The molecule has 0 aliphatic carbocycles. The number of amides is 1. The smallest absolute Gasteiger partial charge is 0.311 e. The van der Waals surface area contributed by atoms with E-state index in [0.29, 0.717) is 58.4 Å². The number of carbonyl (C=O) groups is 2. The molecule has 0 aromatic rings. The largest absolute Gasteiger partial charge is 0.481 e. The molecule has 1 amide bonds. The quantitative estimate of drug-likeness (QED) is 0.635. The van der Waals surface area contributed by atoms with Gasteiger partial charge in [-0.05, 0) is 32.1 Å². The standard InChI is InChI=1S/C17H30N2O6S/c1-2-3-12-26(23,24)19-8-4-14(5-9-19)15(20)18-13-17(16(21)22)6-10-25-11-7-17/h14H,2-13H2,1H3,(H,18,20)(H,21,22). The fraction of sp³-hybridized carbons (Fsp3) is 0.882. The van der Waals surface area contributed by atoms with Crippen molar-refractivity contribution < 1.29 is 27.9 Å². The number of carboxylic acids is 1. The summed E-state index contributed by atoms with van der Waals surface area (Å²) >= 11 is 0. The van der Waals surface area contributed by atoms with Crippen molar-refractivity contribution in [2.75, 3.05) is 38.6 Å². The lowest BCUT2D eigenvalue weighted by Crippen LogP contribution is -2.49. The van der Waals surface area contributed by atoms with Crippen LogP contribution >= 0.6 is 0 Å². The lowest BCUT2D eigenvalue weighted by atomic mass is 9.80. The number of rotatable bonds is 8. The van der Waals surface area contributed by atoms with Gasteiger partial charge in [-0.2, -0.15) is 0 Å². The highest BCUT2D eigenvalue weighted by Gasteiger charge is 2.41. The zero-order chi connectivity index (χ0) is 19.2. The minimum atomic E-state index is -3.24. The molecule has 0 bridgehead atoms. The van der Waals surface area contributed by atoms with Gasteiger partial charge in [0.15, 0.2) is 0 Å². The highest BCUT2D eigenvalue weighted by Crippen LogP contribution is 2.30. The molecule has 150 valence electrons. The van der Waals surface area contributed by atoms with E-state index in [1.807, 2.05) is 6.92 Å². The minimum Gasteiger partial charge on any atom is -0.481 e. The highest BCUT2D eigenvalue weighted by molar-refractivity contribution is 7.89. The second-order valence-electron chi connectivity index (χ2n) is 7.26. The molecule has 0 radical (unpaired) electrons. The first kappa shape index (κ1) is 21.1. The number of unbranched alkanes of at least 4 members (excludes halogenated alkanes) is 1. The van der Waals surface area contributed by atoms with E-state index >= 15 is 0 Å². The highest BCUT2D eigenvalue weighted by atomic mass is 32.2. The van der Waals surface area contributed by atoms with Crippen molar-refractivity contribution >= 4 is 21.9 Å². The summed E-state index contributed by atoms with van der Waals surface area (Å²) in [6, 6.07) is 0. The van der Waals surface area contributed by atoms with Gasteiger partial charge in [0.1, 0.15) is 0 Å². The van der Waals surface area contributed by atoms with E-state index in [2.05, 4.69) is 5.32 Å². The third kappa shape index (κ3) is 5.17. The summed E-state index contributed by atoms with van der Waals surface area (Å²) in [5.74, 6) is -1.19. The zero-order valence-electron chi connectivity index (χ0n) is 15.4. The maximum absolute atomic E-state index is 12.4. The molecule has 2 fully saturated rings. The Morgan fingerprint density at radius 2 is 1.85 bits per heavy atom. The number of piperidine rings is 1. The van der Waals surface area contributed by atoms with Gasteiger partial charge in [-0.15, -0.1) is 0 Å². The summed E-state index contributed by atoms with van der Waals surface area (Å²) < 4.78 is 31.1. The molecule has 2 N–H and O–H groups in total. The van der Waals surface area contributed by atoms with Crippen LogP contribution in [0, 0.1) is 11.3 Å². The van der Waals surface area contributed by atoms with Gasteiger partial charge >= 0.3 is 5.97 Å². The van der Waals surface area contributed by atoms with Crippen molar-refractivity contribution in [3.8, 4) is 0 Å². The van der Waals surface area contributed by atoms with Gasteiger partial charge in [0.2, 0.25) is 15.9 Å². The molecule has 0 aromatic carbocycles.